The molecule has 0 fully saturated rings. The maximum Gasteiger partial charge on any atom is 0.143 e. The lowest BCUT2D eigenvalue weighted by Gasteiger charge is -2.27. The number of benzene rings is 9. The summed E-state index contributed by atoms with van der Waals surface area (Å²) in [5, 5.41) is 7.34. The van der Waals surface area contributed by atoms with Gasteiger partial charge in [-0.25, -0.2) is 0 Å². The van der Waals surface area contributed by atoms with E-state index in [-0.39, 0.29) is 0 Å². The average Bonchev–Trinajstić information content (AvgIpc) is 3.82. The van der Waals surface area contributed by atoms with Crippen molar-refractivity contribution in [1.82, 2.24) is 0 Å². The van der Waals surface area contributed by atoms with Crippen molar-refractivity contribution in [3.05, 3.63) is 200 Å². The van der Waals surface area contributed by atoms with Gasteiger partial charge < -0.3 is 9.32 Å². The molecule has 0 aliphatic heterocycles. The second-order valence-corrected chi connectivity index (χ2v) is 15.2. The van der Waals surface area contributed by atoms with E-state index in [0.29, 0.717) is 0 Å². The summed E-state index contributed by atoms with van der Waals surface area (Å²) in [5.41, 5.74) is 12.0. The molecule has 11 rings (SSSR count). The minimum absolute atomic E-state index is 0.901. The number of thiophene rings is 1. The predicted molar refractivity (Wildman–Crippen MR) is 235 cm³/mol. The van der Waals surface area contributed by atoms with Crippen LogP contribution < -0.4 is 4.90 Å². The van der Waals surface area contributed by atoms with Crippen LogP contribution in [0, 0.1) is 0 Å². The van der Waals surface area contributed by atoms with Crippen LogP contribution in [0.25, 0.3) is 86.3 Å². The molecular weight excluding hydrogens is 687 g/mol. The normalized spacial score (nSPS) is 11.6. The van der Waals surface area contributed by atoms with Gasteiger partial charge in [0.05, 0.1) is 0 Å². The van der Waals surface area contributed by atoms with Gasteiger partial charge in [-0.05, 0) is 93.2 Å². The van der Waals surface area contributed by atoms with Crippen LogP contribution in [0.5, 0.6) is 0 Å². The minimum atomic E-state index is 0.901. The van der Waals surface area contributed by atoms with Crippen molar-refractivity contribution in [2.45, 2.75) is 0 Å². The average molecular weight is 720 g/mol. The fourth-order valence-electron chi connectivity index (χ4n) is 8.19. The highest BCUT2D eigenvalue weighted by Crippen LogP contribution is 2.45. The van der Waals surface area contributed by atoms with E-state index in [2.05, 4.69) is 199 Å². The maximum atomic E-state index is 6.57. The summed E-state index contributed by atoms with van der Waals surface area (Å²) in [4.78, 5) is 2.39. The van der Waals surface area contributed by atoms with Gasteiger partial charge in [0.1, 0.15) is 11.2 Å². The van der Waals surface area contributed by atoms with Crippen molar-refractivity contribution >= 4 is 81.3 Å². The molecule has 11 aromatic rings. The lowest BCUT2D eigenvalue weighted by atomic mass is 9.92. The third-order valence-electron chi connectivity index (χ3n) is 10.9. The van der Waals surface area contributed by atoms with Gasteiger partial charge in [0.2, 0.25) is 0 Å². The second kappa shape index (κ2) is 12.9. The molecule has 0 unspecified atom stereocenters. The molecule has 55 heavy (non-hydrogen) atoms. The molecule has 2 heterocycles. The zero-order valence-electron chi connectivity index (χ0n) is 29.8. The number of hydrogen-bond donors (Lipinski definition) is 0. The first-order valence-electron chi connectivity index (χ1n) is 18.7. The first kappa shape index (κ1) is 31.6. The molecular formula is C52H33NOS. The molecule has 3 heteroatoms. The van der Waals surface area contributed by atoms with Crippen LogP contribution in [-0.2, 0) is 0 Å². The molecule has 0 spiro atoms. The number of nitrogens with zero attached hydrogens (tertiary/aromatic N) is 1. The van der Waals surface area contributed by atoms with Gasteiger partial charge in [0, 0.05) is 53.6 Å². The van der Waals surface area contributed by atoms with Crippen LogP contribution >= 0.6 is 11.3 Å². The van der Waals surface area contributed by atoms with Crippen LogP contribution in [0.2, 0.25) is 0 Å². The summed E-state index contributed by atoms with van der Waals surface area (Å²) in [6, 6.07) is 72.3. The molecule has 0 N–H and O–H groups in total. The van der Waals surface area contributed by atoms with Gasteiger partial charge in [-0.2, -0.15) is 0 Å². The van der Waals surface area contributed by atoms with Gasteiger partial charge in [0.25, 0.3) is 0 Å². The lowest BCUT2D eigenvalue weighted by molar-refractivity contribution is 0.670. The van der Waals surface area contributed by atoms with E-state index >= 15 is 0 Å². The van der Waals surface area contributed by atoms with Crippen molar-refractivity contribution in [1.29, 1.82) is 0 Å². The van der Waals surface area contributed by atoms with Gasteiger partial charge in [-0.1, -0.05) is 146 Å². The Morgan fingerprint density at radius 2 is 1.02 bits per heavy atom. The molecule has 0 atom stereocenters. The molecule has 0 aliphatic carbocycles. The molecule has 0 saturated carbocycles. The van der Waals surface area contributed by atoms with Crippen LogP contribution in [0.1, 0.15) is 0 Å². The molecule has 2 aromatic heterocycles. The van der Waals surface area contributed by atoms with Crippen molar-refractivity contribution < 1.29 is 4.42 Å². The summed E-state index contributed by atoms with van der Waals surface area (Å²) in [5.74, 6) is 0. The monoisotopic (exact) mass is 719 g/mol. The molecule has 0 radical (unpaired) electrons. The fraction of sp³-hybridized carbons (Fsp3) is 0. The standard InChI is InChI=1S/C52H33NOS/c1-2-12-36(13-3-1)48-32-40(27-29-42(48)46-17-10-18-47-43-15-6-8-19-49(43)54-52(46)47)53(41-28-30-45-44-16-7-9-20-50(44)55-51(45)33-41)39-25-23-35(24-26-39)38-22-21-34-11-4-5-14-37(34)31-38/h1-33H. The predicted octanol–water partition coefficient (Wildman–Crippen LogP) is 15.6. The third-order valence-corrected chi connectivity index (χ3v) is 12.0. The van der Waals surface area contributed by atoms with Crippen LogP contribution in [-0.4, -0.2) is 0 Å². The third kappa shape index (κ3) is 5.40. The van der Waals surface area contributed by atoms with E-state index in [1.165, 1.54) is 42.1 Å². The number of hydrogen-bond acceptors (Lipinski definition) is 3. The van der Waals surface area contributed by atoms with Crippen molar-refractivity contribution in [3.63, 3.8) is 0 Å². The largest absolute Gasteiger partial charge is 0.455 e. The van der Waals surface area contributed by atoms with E-state index in [0.717, 1.165) is 61.3 Å². The molecule has 0 amide bonds. The summed E-state index contributed by atoms with van der Waals surface area (Å²) in [6.07, 6.45) is 0. The Labute approximate surface area is 322 Å². The van der Waals surface area contributed by atoms with Crippen molar-refractivity contribution in [3.8, 4) is 33.4 Å². The number of furan rings is 1. The Hall–Kier alpha value is -6.94. The van der Waals surface area contributed by atoms with Gasteiger partial charge in [-0.3, -0.25) is 0 Å². The quantitative estimate of drug-likeness (QED) is 0.170. The highest BCUT2D eigenvalue weighted by molar-refractivity contribution is 7.25. The number of fused-ring (bicyclic) bond motifs is 7. The first-order valence-corrected chi connectivity index (χ1v) is 19.5. The Kier molecular flexibility index (Phi) is 7.39. The smallest absolute Gasteiger partial charge is 0.143 e. The fourth-order valence-corrected chi connectivity index (χ4v) is 9.33. The van der Waals surface area contributed by atoms with Crippen LogP contribution in [0.3, 0.4) is 0 Å². The SMILES string of the molecule is c1ccc(-c2cc(N(c3ccc(-c4ccc5ccccc5c4)cc3)c3ccc4c(c3)sc3ccccc34)ccc2-c2cccc3c2oc2ccccc23)cc1. The zero-order valence-corrected chi connectivity index (χ0v) is 30.6. The van der Waals surface area contributed by atoms with Crippen molar-refractivity contribution in [2.75, 3.05) is 4.90 Å². The molecule has 0 saturated heterocycles. The van der Waals surface area contributed by atoms with E-state index < -0.39 is 0 Å². The van der Waals surface area contributed by atoms with Crippen molar-refractivity contribution in [2.24, 2.45) is 0 Å². The minimum Gasteiger partial charge on any atom is -0.455 e. The maximum absolute atomic E-state index is 6.57. The molecule has 9 aromatic carbocycles. The highest BCUT2D eigenvalue weighted by atomic mass is 32.1. The topological polar surface area (TPSA) is 16.4 Å². The first-order chi connectivity index (χ1) is 27.2. The molecule has 2 nitrogen and oxygen atoms in total. The Bertz CT molecular complexity index is 3210. The second-order valence-electron chi connectivity index (χ2n) is 14.1. The van der Waals surface area contributed by atoms with Gasteiger partial charge in [0.15, 0.2) is 0 Å². The Balaban J connectivity index is 1.10. The summed E-state index contributed by atoms with van der Waals surface area (Å²) in [6.45, 7) is 0. The summed E-state index contributed by atoms with van der Waals surface area (Å²) < 4.78 is 9.15. The van der Waals surface area contributed by atoms with Gasteiger partial charge >= 0.3 is 0 Å². The Morgan fingerprint density at radius 1 is 0.345 bits per heavy atom. The molecule has 0 aliphatic rings. The van der Waals surface area contributed by atoms with Crippen LogP contribution in [0.15, 0.2) is 205 Å². The summed E-state index contributed by atoms with van der Waals surface area (Å²) >= 11 is 1.85. The van der Waals surface area contributed by atoms with E-state index in [1.807, 2.05) is 17.4 Å². The molecule has 258 valence electrons. The highest BCUT2D eigenvalue weighted by Gasteiger charge is 2.20. The van der Waals surface area contributed by atoms with E-state index in [4.69, 9.17) is 4.42 Å². The van der Waals surface area contributed by atoms with E-state index in [9.17, 15) is 0 Å². The number of anilines is 3. The lowest BCUT2D eigenvalue weighted by Crippen LogP contribution is -2.10. The van der Waals surface area contributed by atoms with Crippen LogP contribution in [0.4, 0.5) is 17.1 Å². The number of para-hydroxylation sites is 2. The van der Waals surface area contributed by atoms with E-state index in [1.54, 1.807) is 0 Å². The zero-order chi connectivity index (χ0) is 36.3. The Morgan fingerprint density at radius 3 is 1.91 bits per heavy atom. The molecule has 0 bridgehead atoms. The number of rotatable bonds is 6. The van der Waals surface area contributed by atoms with Gasteiger partial charge in [-0.15, -0.1) is 11.3 Å². The summed E-state index contributed by atoms with van der Waals surface area (Å²) in [7, 11) is 0.